The Labute approximate surface area is 334 Å². The molecule has 0 bridgehead atoms. The minimum absolute atomic E-state index is 0.0901. The number of halogens is 3. The second-order valence-electron chi connectivity index (χ2n) is 13.5. The molecular formula is C41H42BrF2N3O10. The highest BCUT2D eigenvalue weighted by atomic mass is 79.9. The zero-order chi connectivity index (χ0) is 41.0. The number of hydrogen-bond donors (Lipinski definition) is 0. The van der Waals surface area contributed by atoms with E-state index in [1.807, 2.05) is 16.7 Å². The van der Waals surface area contributed by atoms with Gasteiger partial charge in [0.1, 0.15) is 22.8 Å². The molecule has 2 unspecified atom stereocenters. The standard InChI is InChI=1S/C24H24F2N2O5.C17H18BrNO5/c1-14(27(2)18-11-16(25)10-17(26)12-18)19-8-15(24(30)31-3)9-20-21(29)13-22(33-23(19)20)28-4-6-32-7-5-28;1-10(18)12-7-11(17(21)22-2)8-13-14(20)9-15(24-16(12)13)19-3-5-23-6-4-19/h8-14H,4-7H2,1-3H3;7-10H,3-6H2,1-2H3. The number of hydrogen-bond acceptors (Lipinski definition) is 13. The van der Waals surface area contributed by atoms with Crippen LogP contribution < -0.4 is 25.6 Å². The van der Waals surface area contributed by atoms with Gasteiger partial charge in [-0.25, -0.2) is 18.4 Å². The van der Waals surface area contributed by atoms with Gasteiger partial charge in [0.05, 0.1) is 68.6 Å². The Balaban J connectivity index is 0.000000203. The highest BCUT2D eigenvalue weighted by Crippen LogP contribution is 2.35. The fourth-order valence-electron chi connectivity index (χ4n) is 6.68. The largest absolute Gasteiger partial charge is 0.465 e. The Bertz CT molecular complexity index is 2390. The lowest BCUT2D eigenvalue weighted by atomic mass is 9.99. The van der Waals surface area contributed by atoms with Gasteiger partial charge in [0.2, 0.25) is 0 Å². The van der Waals surface area contributed by atoms with Crippen molar-refractivity contribution < 1.29 is 46.2 Å². The summed E-state index contributed by atoms with van der Waals surface area (Å²) in [6, 6.07) is 11.8. The maximum absolute atomic E-state index is 13.8. The van der Waals surface area contributed by atoms with Gasteiger partial charge < -0.3 is 42.5 Å². The molecule has 2 aromatic heterocycles. The van der Waals surface area contributed by atoms with Crippen LogP contribution in [0.15, 0.2) is 73.0 Å². The number of carbonyl (C=O) groups is 2. The average molecular weight is 855 g/mol. The minimum atomic E-state index is -0.710. The monoisotopic (exact) mass is 853 g/mol. The van der Waals surface area contributed by atoms with Crippen molar-refractivity contribution in [2.45, 2.75) is 24.7 Å². The summed E-state index contributed by atoms with van der Waals surface area (Å²) in [7, 11) is 4.23. The number of alkyl halides is 1. The number of esters is 2. The molecule has 2 atom stereocenters. The molecule has 13 nitrogen and oxygen atoms in total. The van der Waals surface area contributed by atoms with Crippen LogP contribution in [0, 0.1) is 11.6 Å². The smallest absolute Gasteiger partial charge is 0.337 e. The summed E-state index contributed by atoms with van der Waals surface area (Å²) in [5.74, 6) is -1.59. The van der Waals surface area contributed by atoms with Gasteiger partial charge in [0.25, 0.3) is 0 Å². The van der Waals surface area contributed by atoms with Gasteiger partial charge in [-0.2, -0.15) is 0 Å². The van der Waals surface area contributed by atoms with E-state index in [4.69, 9.17) is 27.8 Å². The summed E-state index contributed by atoms with van der Waals surface area (Å²) in [6.07, 6.45) is 0. The van der Waals surface area contributed by atoms with Crippen LogP contribution in [0.25, 0.3) is 21.9 Å². The first-order valence-corrected chi connectivity index (χ1v) is 19.1. The van der Waals surface area contributed by atoms with Gasteiger partial charge in [0, 0.05) is 73.1 Å². The Hall–Kier alpha value is -5.32. The molecule has 0 N–H and O–H groups in total. The second kappa shape index (κ2) is 17.9. The van der Waals surface area contributed by atoms with Crippen molar-refractivity contribution in [3.05, 3.63) is 109 Å². The van der Waals surface area contributed by atoms with Crippen LogP contribution in [-0.2, 0) is 18.9 Å². The fraction of sp³-hybridized carbons (Fsp3) is 0.366. The molecule has 0 spiro atoms. The van der Waals surface area contributed by atoms with Gasteiger partial charge in [-0.1, -0.05) is 15.9 Å². The summed E-state index contributed by atoms with van der Waals surface area (Å²) in [5.41, 5.74) is 2.34. The van der Waals surface area contributed by atoms with Crippen molar-refractivity contribution in [1.29, 1.82) is 0 Å². The Morgan fingerprint density at radius 1 is 0.684 bits per heavy atom. The number of morpholine rings is 2. The first-order chi connectivity index (χ1) is 27.3. The summed E-state index contributed by atoms with van der Waals surface area (Å²) >= 11 is 3.51. The first kappa shape index (κ1) is 41.3. The maximum atomic E-state index is 13.8. The predicted molar refractivity (Wildman–Crippen MR) is 214 cm³/mol. The number of methoxy groups -OCH3 is 2. The van der Waals surface area contributed by atoms with Gasteiger partial charge in [-0.15, -0.1) is 0 Å². The van der Waals surface area contributed by atoms with Crippen molar-refractivity contribution in [1.82, 2.24) is 0 Å². The lowest BCUT2D eigenvalue weighted by Gasteiger charge is -2.29. The molecule has 0 saturated carbocycles. The number of anilines is 3. The molecule has 0 amide bonds. The number of ether oxygens (including phenoxy) is 4. The van der Waals surface area contributed by atoms with Crippen molar-refractivity contribution in [3.8, 4) is 0 Å². The van der Waals surface area contributed by atoms with Crippen molar-refractivity contribution in [2.24, 2.45) is 0 Å². The first-order valence-electron chi connectivity index (χ1n) is 18.2. The van der Waals surface area contributed by atoms with Crippen LogP contribution in [0.3, 0.4) is 0 Å². The Morgan fingerprint density at radius 3 is 1.53 bits per heavy atom. The predicted octanol–water partition coefficient (Wildman–Crippen LogP) is 6.76. The van der Waals surface area contributed by atoms with Gasteiger partial charge in [-0.3, -0.25) is 9.59 Å². The fourth-order valence-corrected chi connectivity index (χ4v) is 7.02. The second-order valence-corrected chi connectivity index (χ2v) is 14.9. The topological polar surface area (TPSA) is 141 Å². The van der Waals surface area contributed by atoms with Gasteiger partial charge in [0.15, 0.2) is 22.6 Å². The van der Waals surface area contributed by atoms with Gasteiger partial charge >= 0.3 is 11.9 Å². The van der Waals surface area contributed by atoms with E-state index in [-0.39, 0.29) is 26.6 Å². The zero-order valence-corrected chi connectivity index (χ0v) is 33.7. The molecule has 4 heterocycles. The lowest BCUT2D eigenvalue weighted by Crippen LogP contribution is -2.36. The molecule has 57 heavy (non-hydrogen) atoms. The number of carbonyl (C=O) groups excluding carboxylic acids is 2. The van der Waals surface area contributed by atoms with Crippen molar-refractivity contribution >= 4 is 67.3 Å². The average Bonchev–Trinajstić information content (AvgIpc) is 3.22. The molecule has 0 radical (unpaired) electrons. The summed E-state index contributed by atoms with van der Waals surface area (Å²) in [4.78, 5) is 55.2. The lowest BCUT2D eigenvalue weighted by molar-refractivity contribution is 0.0592. The van der Waals surface area contributed by atoms with Crippen LogP contribution in [-0.4, -0.2) is 85.8 Å². The quantitative estimate of drug-likeness (QED) is 0.120. The SMILES string of the molecule is COC(=O)c1cc(C(C)Br)c2oc(N3CCOCC3)cc(=O)c2c1.COC(=O)c1cc(C(C)N(C)c2cc(F)cc(F)c2)c2oc(N3CCOCC3)cc(=O)c2c1. The molecule has 2 aliphatic heterocycles. The number of fused-ring (bicyclic) bond motifs is 2. The molecule has 2 aliphatic rings. The number of rotatable bonds is 8. The van der Waals surface area contributed by atoms with E-state index in [2.05, 4.69) is 15.9 Å². The zero-order valence-electron chi connectivity index (χ0n) is 32.1. The molecular weight excluding hydrogens is 812 g/mol. The third kappa shape index (κ3) is 9.13. The summed E-state index contributed by atoms with van der Waals surface area (Å²) < 4.78 is 60.2. The molecule has 3 aromatic carbocycles. The Kier molecular flexibility index (Phi) is 12.9. The molecule has 0 aliphatic carbocycles. The van der Waals surface area contributed by atoms with Crippen molar-refractivity contribution in [2.75, 3.05) is 88.6 Å². The molecule has 7 rings (SSSR count). The maximum Gasteiger partial charge on any atom is 0.337 e. The van der Waals surface area contributed by atoms with E-state index in [1.165, 1.54) is 50.6 Å². The van der Waals surface area contributed by atoms with Crippen LogP contribution in [0.2, 0.25) is 0 Å². The molecule has 5 aromatic rings. The molecule has 302 valence electrons. The summed E-state index contributed by atoms with van der Waals surface area (Å²) in [6.45, 7) is 8.43. The van der Waals surface area contributed by atoms with Crippen LogP contribution in [0.4, 0.5) is 26.2 Å². The van der Waals surface area contributed by atoms with E-state index >= 15 is 0 Å². The van der Waals surface area contributed by atoms with E-state index in [1.54, 1.807) is 31.0 Å². The van der Waals surface area contributed by atoms with E-state index in [0.29, 0.717) is 97.7 Å². The molecule has 2 saturated heterocycles. The third-order valence-electron chi connectivity index (χ3n) is 9.89. The molecule has 16 heteroatoms. The minimum Gasteiger partial charge on any atom is -0.465 e. The molecule has 2 fully saturated rings. The van der Waals surface area contributed by atoms with Crippen LogP contribution >= 0.6 is 15.9 Å². The number of nitrogens with zero attached hydrogens (tertiary/aromatic N) is 3. The van der Waals surface area contributed by atoms with Crippen molar-refractivity contribution in [3.63, 3.8) is 0 Å². The van der Waals surface area contributed by atoms with Crippen LogP contribution in [0.5, 0.6) is 0 Å². The Morgan fingerprint density at radius 2 is 1.11 bits per heavy atom. The van der Waals surface area contributed by atoms with E-state index in [9.17, 15) is 28.0 Å². The number of benzene rings is 3. The normalized spacial score (nSPS) is 15.4. The van der Waals surface area contributed by atoms with Crippen LogP contribution in [0.1, 0.15) is 56.6 Å². The van der Waals surface area contributed by atoms with Gasteiger partial charge in [-0.05, 0) is 50.2 Å². The highest BCUT2D eigenvalue weighted by molar-refractivity contribution is 9.09. The summed E-state index contributed by atoms with van der Waals surface area (Å²) in [5, 5.41) is 0.590. The van der Waals surface area contributed by atoms with E-state index < -0.39 is 29.6 Å². The van der Waals surface area contributed by atoms with E-state index in [0.717, 1.165) is 11.6 Å². The highest BCUT2D eigenvalue weighted by Gasteiger charge is 2.25. The third-order valence-corrected chi connectivity index (χ3v) is 10.4.